The zero-order valence-electron chi connectivity index (χ0n) is 27.7. The molecule has 0 radical (unpaired) electrons. The normalized spacial score (nSPS) is 24.1. The fourth-order valence-corrected chi connectivity index (χ4v) is 7.90. The van der Waals surface area contributed by atoms with Crippen LogP contribution in [0, 0.1) is 13.8 Å². The van der Waals surface area contributed by atoms with Crippen molar-refractivity contribution in [2.24, 2.45) is 0 Å². The number of hydrogen-bond donors (Lipinski definition) is 11. The molecular formula is C27H36N9O15P2+. The van der Waals surface area contributed by atoms with Gasteiger partial charge in [0.1, 0.15) is 60.7 Å². The molecule has 1 fully saturated rings. The number of nitrogens with two attached hydrogens (primary N) is 1. The number of aromatic amines is 2. The molecule has 1 aromatic carbocycles. The number of aliphatic hydroxyl groups is 5. The molecule has 12 N–H and O–H groups in total. The molecule has 288 valence electrons. The summed E-state index contributed by atoms with van der Waals surface area (Å²) in [7, 11) is -11.0. The van der Waals surface area contributed by atoms with E-state index < -0.39 is 89.5 Å². The van der Waals surface area contributed by atoms with E-state index in [1.807, 2.05) is 0 Å². The molecule has 0 aliphatic carbocycles. The Morgan fingerprint density at radius 1 is 1.04 bits per heavy atom. The summed E-state index contributed by atoms with van der Waals surface area (Å²) in [4.78, 5) is 63.0. The highest BCUT2D eigenvalue weighted by atomic mass is 31.3. The van der Waals surface area contributed by atoms with E-state index >= 15 is 0 Å². The molecule has 2 unspecified atom stereocenters. The number of phosphoric ester groups is 2. The maximum Gasteiger partial charge on any atom is 0.481 e. The van der Waals surface area contributed by atoms with Gasteiger partial charge in [-0.25, -0.2) is 33.4 Å². The lowest BCUT2D eigenvalue weighted by Crippen LogP contribution is -2.51. The number of nitrogens with zero attached hydrogens (tertiary/aromatic N) is 5. The summed E-state index contributed by atoms with van der Waals surface area (Å²) < 4.78 is 45.5. The van der Waals surface area contributed by atoms with Crippen LogP contribution in [0.2, 0.25) is 0 Å². The number of hydrogen-bond acceptors (Lipinski definition) is 19. The summed E-state index contributed by atoms with van der Waals surface area (Å²) in [5, 5.41) is 56.1. The molecule has 24 nitrogen and oxygen atoms in total. The van der Waals surface area contributed by atoms with Gasteiger partial charge >= 0.3 is 27.0 Å². The van der Waals surface area contributed by atoms with Gasteiger partial charge in [0, 0.05) is 0 Å². The van der Waals surface area contributed by atoms with E-state index in [4.69, 9.17) is 15.0 Å². The molecule has 1 saturated heterocycles. The van der Waals surface area contributed by atoms with E-state index in [1.165, 1.54) is 15.8 Å². The first-order valence-electron chi connectivity index (χ1n) is 15.7. The first-order chi connectivity index (χ1) is 24.9. The third-order valence-electron chi connectivity index (χ3n) is 8.66. The van der Waals surface area contributed by atoms with Crippen LogP contribution in [0.1, 0.15) is 11.1 Å². The van der Waals surface area contributed by atoms with Gasteiger partial charge in [0.05, 0.1) is 19.9 Å². The lowest BCUT2D eigenvalue weighted by atomic mass is 10.1. The fourth-order valence-electron chi connectivity index (χ4n) is 5.81. The molecule has 26 heteroatoms. The zero-order valence-corrected chi connectivity index (χ0v) is 29.5. The van der Waals surface area contributed by atoms with Crippen molar-refractivity contribution in [3.63, 3.8) is 0 Å². The Labute approximate surface area is 296 Å². The highest BCUT2D eigenvalue weighted by Gasteiger charge is 2.49. The summed E-state index contributed by atoms with van der Waals surface area (Å²) in [5.41, 5.74) is 6.40. The molecule has 4 aromatic rings. The van der Waals surface area contributed by atoms with Crippen LogP contribution in [-0.4, -0.2) is 123 Å². The Hall–Kier alpha value is -4.00. The number of rotatable bonds is 13. The topological polar surface area (TPSA) is 362 Å². The van der Waals surface area contributed by atoms with Gasteiger partial charge in [-0.3, -0.25) is 18.8 Å². The molecule has 53 heavy (non-hydrogen) atoms. The molecule has 0 saturated carbocycles. The van der Waals surface area contributed by atoms with Crippen LogP contribution >= 0.6 is 15.6 Å². The van der Waals surface area contributed by atoms with Crippen molar-refractivity contribution in [1.29, 1.82) is 0 Å². The summed E-state index contributed by atoms with van der Waals surface area (Å²) in [6.45, 7) is 0.937. The summed E-state index contributed by atoms with van der Waals surface area (Å²) in [6.07, 6.45) is -10.8. The van der Waals surface area contributed by atoms with Gasteiger partial charge in [-0.2, -0.15) is 9.29 Å². The second-order valence-corrected chi connectivity index (χ2v) is 15.3. The first kappa shape index (κ1) is 38.7. The number of aromatic nitrogens is 6. The number of fused-ring (bicyclic) bond motifs is 3. The van der Waals surface area contributed by atoms with Crippen molar-refractivity contribution >= 4 is 55.2 Å². The number of aliphatic hydroxyl groups excluding tert-OH is 5. The number of nitrogens with one attached hydrogen (secondary N) is 3. The number of ether oxygens (including phenoxy) is 1. The average molecular weight is 789 g/mol. The lowest BCUT2D eigenvalue weighted by Gasteiger charge is -2.26. The van der Waals surface area contributed by atoms with Gasteiger partial charge < -0.3 is 56.0 Å². The minimum Gasteiger partial charge on any atom is -0.388 e. The third-order valence-corrected chi connectivity index (χ3v) is 11.3. The largest absolute Gasteiger partial charge is 0.481 e. The second kappa shape index (κ2) is 14.7. The van der Waals surface area contributed by atoms with Crippen LogP contribution in [-0.2, 0) is 33.8 Å². The molecule has 6 rings (SSSR count). The summed E-state index contributed by atoms with van der Waals surface area (Å²) in [5.74, 6) is 0.368. The molecule has 9 atom stereocenters. The van der Waals surface area contributed by atoms with Gasteiger partial charge in [-0.05, 0) is 37.1 Å². The molecule has 0 bridgehead atoms. The Balaban J connectivity index is 1.06. The maximum absolute atomic E-state index is 12.5. The van der Waals surface area contributed by atoms with Gasteiger partial charge in [0.15, 0.2) is 23.4 Å². The summed E-state index contributed by atoms with van der Waals surface area (Å²) >= 11 is 0. The van der Waals surface area contributed by atoms with Crippen LogP contribution < -0.4 is 31.8 Å². The smallest absolute Gasteiger partial charge is 0.388 e. The lowest BCUT2D eigenvalue weighted by molar-refractivity contribution is -0.657. The number of phosphoric acid groups is 2. The predicted octanol–water partition coefficient (Wildman–Crippen LogP) is -3.29. The van der Waals surface area contributed by atoms with Crippen molar-refractivity contribution in [2.75, 3.05) is 35.8 Å². The fraction of sp³-hybridized carbons (Fsp3) is 0.481. The van der Waals surface area contributed by atoms with Crippen molar-refractivity contribution in [3.05, 3.63) is 50.4 Å². The van der Waals surface area contributed by atoms with E-state index in [0.717, 1.165) is 11.1 Å². The predicted molar refractivity (Wildman–Crippen MR) is 179 cm³/mol. The van der Waals surface area contributed by atoms with Crippen molar-refractivity contribution < 1.29 is 67.1 Å². The van der Waals surface area contributed by atoms with Crippen LogP contribution in [0.15, 0.2) is 28.0 Å². The highest BCUT2D eigenvalue weighted by Crippen LogP contribution is 2.60. The molecule has 0 amide bonds. The molecule has 2 aliphatic heterocycles. The van der Waals surface area contributed by atoms with E-state index in [2.05, 4.69) is 39.1 Å². The summed E-state index contributed by atoms with van der Waals surface area (Å²) in [6, 6.07) is 3.33. The minimum absolute atomic E-state index is 0.0439. The maximum atomic E-state index is 12.5. The number of aryl methyl sites for hydroxylation is 2. The Morgan fingerprint density at radius 2 is 1.74 bits per heavy atom. The van der Waals surface area contributed by atoms with Crippen LogP contribution in [0.4, 0.5) is 17.3 Å². The first-order valence-corrected chi connectivity index (χ1v) is 18.6. The van der Waals surface area contributed by atoms with Gasteiger partial charge in [-0.15, -0.1) is 0 Å². The van der Waals surface area contributed by atoms with Crippen LogP contribution in [0.5, 0.6) is 0 Å². The van der Waals surface area contributed by atoms with Crippen LogP contribution in [0.3, 0.4) is 0 Å². The minimum atomic E-state index is -5.53. The Morgan fingerprint density at radius 3 is 2.47 bits per heavy atom. The van der Waals surface area contributed by atoms with Crippen molar-refractivity contribution in [1.82, 2.24) is 24.9 Å². The molecule has 5 heterocycles. The van der Waals surface area contributed by atoms with E-state index in [1.54, 1.807) is 26.0 Å². The van der Waals surface area contributed by atoms with Gasteiger partial charge in [0.25, 0.3) is 5.56 Å². The van der Waals surface area contributed by atoms with Crippen molar-refractivity contribution in [2.45, 2.75) is 63.2 Å². The van der Waals surface area contributed by atoms with Gasteiger partial charge in [-0.1, -0.05) is 0 Å². The molecule has 3 aromatic heterocycles. The second-order valence-electron chi connectivity index (χ2n) is 12.3. The van der Waals surface area contributed by atoms with Gasteiger partial charge in [0.2, 0.25) is 5.52 Å². The highest BCUT2D eigenvalue weighted by molar-refractivity contribution is 7.61. The molecule has 2 aliphatic rings. The molecular weight excluding hydrogens is 752 g/mol. The van der Waals surface area contributed by atoms with Crippen molar-refractivity contribution in [3.8, 4) is 0 Å². The van der Waals surface area contributed by atoms with E-state index in [0.29, 0.717) is 16.7 Å². The monoisotopic (exact) mass is 788 g/mol. The van der Waals surface area contributed by atoms with Crippen LogP contribution in [0.25, 0.3) is 22.2 Å². The van der Waals surface area contributed by atoms with E-state index in [-0.39, 0.29) is 29.5 Å². The number of H-pyrrole nitrogens is 2. The third kappa shape index (κ3) is 7.95. The number of nitrogen functional groups attached to an aromatic ring is 1. The average Bonchev–Trinajstić information content (AvgIpc) is 3.63. The van der Waals surface area contributed by atoms with E-state index in [9.17, 15) is 54.0 Å². The standard InChI is InChI=1S/C27H35N9O15P2/c1-10-3-12-13(4-11(10)2)35(24-18(32-12)25(42)34-27(43)33-24)5-14(37)19(39)15(38)6-48-52(44,45)51-53(46,47)49-7-16-20(40)21(41)26(50-16)36-9-31-17-22(28)29-8-30-23(17)36/h3-4,8,14-16,19-21,26,37-41H,5-7,9H2,1-2H3,(H6,28,29,30,31,32,33,34,42,43,44,45,46,47)/p+1/t14-,15+,16-,19+,20-,21-,26-/m1/s1. The quantitative estimate of drug-likeness (QED) is 0.0359. The number of anilines is 3. The SMILES string of the molecule is Cc1cc2nc3c(=O)[nH]c(=O)[nH]c3[n+](C[C@@H](O)[C@H](O)[C@@H](O)COP(=O)(O)OP(=O)(O)OC[C@H]3O[C@@H](N4CNc5c(N)ncnc54)[C@H](O)[C@@H]3O)c2cc1C. The Bertz CT molecular complexity index is 2260. The zero-order chi connectivity index (χ0) is 38.6. The number of benzene rings is 1. The molecule has 0 spiro atoms. The Kier molecular flexibility index (Phi) is 10.7.